The van der Waals surface area contributed by atoms with E-state index in [1.165, 1.54) is 0 Å². The van der Waals surface area contributed by atoms with Gasteiger partial charge in [-0.25, -0.2) is 0 Å². The van der Waals surface area contributed by atoms with Crippen LogP contribution in [-0.2, 0) is 4.79 Å². The molecule has 0 fully saturated rings. The molecule has 1 amide bonds. The van der Waals surface area contributed by atoms with Crippen molar-refractivity contribution in [3.8, 4) is 0 Å². The molecule has 4 heteroatoms. The maximum absolute atomic E-state index is 11.4. The third-order valence-electron chi connectivity index (χ3n) is 2.61. The predicted octanol–water partition coefficient (Wildman–Crippen LogP) is 0.788. The number of nitrogens with one attached hydrogen (secondary N) is 1. The Bertz CT molecular complexity index is 339. The van der Waals surface area contributed by atoms with Crippen LogP contribution in [0.15, 0.2) is 30.3 Å². The smallest absolute Gasteiger partial charge is 0.223 e. The third-order valence-corrected chi connectivity index (χ3v) is 2.61. The molecule has 0 saturated carbocycles. The van der Waals surface area contributed by atoms with Crippen molar-refractivity contribution in [3.05, 3.63) is 35.9 Å². The molecule has 1 aromatic carbocycles. The summed E-state index contributed by atoms with van der Waals surface area (Å²) in [7, 11) is 3.48. The van der Waals surface area contributed by atoms with Crippen molar-refractivity contribution in [3.63, 3.8) is 0 Å². The number of aliphatic hydroxyl groups excluding tert-OH is 1. The lowest BCUT2D eigenvalue weighted by Gasteiger charge is -2.17. The number of aliphatic hydroxyl groups is 1. The fourth-order valence-electron chi connectivity index (χ4n) is 1.55. The van der Waals surface area contributed by atoms with Crippen molar-refractivity contribution < 1.29 is 9.90 Å². The van der Waals surface area contributed by atoms with Gasteiger partial charge in [-0.05, 0) is 5.56 Å². The molecule has 1 aromatic rings. The second kappa shape index (κ2) is 7.04. The molecule has 1 rings (SSSR count). The minimum atomic E-state index is -0.105. The van der Waals surface area contributed by atoms with E-state index in [4.69, 9.17) is 0 Å². The fraction of sp³-hybridized carbons (Fsp3) is 0.462. The largest absolute Gasteiger partial charge is 0.394 e. The van der Waals surface area contributed by atoms with Gasteiger partial charge in [0.15, 0.2) is 0 Å². The van der Waals surface area contributed by atoms with Gasteiger partial charge in [-0.1, -0.05) is 30.3 Å². The summed E-state index contributed by atoms with van der Waals surface area (Å²) in [6, 6.07) is 9.62. The van der Waals surface area contributed by atoms with Gasteiger partial charge in [-0.15, -0.1) is 0 Å². The maximum Gasteiger partial charge on any atom is 0.223 e. The Morgan fingerprint density at radius 2 is 2.00 bits per heavy atom. The monoisotopic (exact) mass is 236 g/mol. The van der Waals surface area contributed by atoms with Crippen LogP contribution >= 0.6 is 0 Å². The van der Waals surface area contributed by atoms with E-state index in [-0.39, 0.29) is 18.6 Å². The number of benzene rings is 1. The van der Waals surface area contributed by atoms with Gasteiger partial charge in [-0.2, -0.15) is 0 Å². The van der Waals surface area contributed by atoms with Crippen molar-refractivity contribution >= 4 is 5.91 Å². The summed E-state index contributed by atoms with van der Waals surface area (Å²) < 4.78 is 0. The molecule has 0 radical (unpaired) electrons. The minimum Gasteiger partial charge on any atom is -0.394 e. The van der Waals surface area contributed by atoms with Gasteiger partial charge < -0.3 is 15.3 Å². The first kappa shape index (κ1) is 13.7. The number of hydrogen-bond donors (Lipinski definition) is 2. The molecule has 2 N–H and O–H groups in total. The summed E-state index contributed by atoms with van der Waals surface area (Å²) in [5, 5.41) is 12.5. The molecule has 0 heterocycles. The standard InChI is InChI=1S/C13H20N2O2/c1-15(2)13(17)8-9-14-12(10-16)11-6-4-3-5-7-11/h3-7,12,14,16H,8-10H2,1-2H3. The van der Waals surface area contributed by atoms with E-state index >= 15 is 0 Å². The Kier molecular flexibility index (Phi) is 5.66. The Hall–Kier alpha value is -1.39. The van der Waals surface area contributed by atoms with Gasteiger partial charge in [0.05, 0.1) is 12.6 Å². The summed E-state index contributed by atoms with van der Waals surface area (Å²) in [6.07, 6.45) is 0.441. The number of amides is 1. The highest BCUT2D eigenvalue weighted by molar-refractivity contribution is 5.75. The summed E-state index contributed by atoms with van der Waals surface area (Å²) >= 11 is 0. The summed E-state index contributed by atoms with van der Waals surface area (Å²) in [6.45, 7) is 0.595. The van der Waals surface area contributed by atoms with Crippen molar-refractivity contribution in [2.24, 2.45) is 0 Å². The third kappa shape index (κ3) is 4.54. The summed E-state index contributed by atoms with van der Waals surface area (Å²) in [4.78, 5) is 12.9. The van der Waals surface area contributed by atoms with E-state index in [1.54, 1.807) is 19.0 Å². The summed E-state index contributed by atoms with van der Waals surface area (Å²) in [5.41, 5.74) is 1.03. The molecule has 0 aliphatic carbocycles. The average Bonchev–Trinajstić information content (AvgIpc) is 2.35. The fourth-order valence-corrected chi connectivity index (χ4v) is 1.55. The number of carbonyl (C=O) groups excluding carboxylic acids is 1. The normalized spacial score (nSPS) is 12.2. The van der Waals surface area contributed by atoms with Crippen LogP contribution in [-0.4, -0.2) is 43.2 Å². The van der Waals surface area contributed by atoms with Crippen LogP contribution in [0.5, 0.6) is 0 Å². The van der Waals surface area contributed by atoms with Crippen molar-refractivity contribution in [1.29, 1.82) is 0 Å². The van der Waals surface area contributed by atoms with Gasteiger partial charge in [0.1, 0.15) is 0 Å². The van der Waals surface area contributed by atoms with E-state index < -0.39 is 0 Å². The SMILES string of the molecule is CN(C)C(=O)CCNC(CO)c1ccccc1. The second-order valence-electron chi connectivity index (χ2n) is 4.14. The summed E-state index contributed by atoms with van der Waals surface area (Å²) in [5.74, 6) is 0.0854. The Balaban J connectivity index is 2.41. The highest BCUT2D eigenvalue weighted by Gasteiger charge is 2.10. The van der Waals surface area contributed by atoms with Crippen LogP contribution in [0.4, 0.5) is 0 Å². The van der Waals surface area contributed by atoms with Crippen LogP contribution in [0.3, 0.4) is 0 Å². The zero-order valence-electron chi connectivity index (χ0n) is 10.4. The first-order valence-electron chi connectivity index (χ1n) is 5.74. The van der Waals surface area contributed by atoms with Crippen LogP contribution in [0.25, 0.3) is 0 Å². The van der Waals surface area contributed by atoms with Gasteiger partial charge in [0, 0.05) is 27.1 Å². The molecular formula is C13H20N2O2. The van der Waals surface area contributed by atoms with Gasteiger partial charge >= 0.3 is 0 Å². The molecule has 0 spiro atoms. The Morgan fingerprint density at radius 1 is 1.35 bits per heavy atom. The van der Waals surface area contributed by atoms with E-state index in [9.17, 15) is 9.90 Å². The quantitative estimate of drug-likeness (QED) is 0.767. The molecular weight excluding hydrogens is 216 g/mol. The van der Waals surface area contributed by atoms with Gasteiger partial charge in [0.2, 0.25) is 5.91 Å². The molecule has 1 atom stereocenters. The lowest BCUT2D eigenvalue weighted by molar-refractivity contribution is -0.128. The topological polar surface area (TPSA) is 52.6 Å². The zero-order valence-corrected chi connectivity index (χ0v) is 10.4. The molecule has 94 valence electrons. The highest BCUT2D eigenvalue weighted by Crippen LogP contribution is 2.11. The first-order chi connectivity index (χ1) is 8.15. The van der Waals surface area contributed by atoms with Crippen LogP contribution in [0.1, 0.15) is 18.0 Å². The number of nitrogens with zero attached hydrogens (tertiary/aromatic N) is 1. The maximum atomic E-state index is 11.4. The molecule has 4 nitrogen and oxygen atoms in total. The van der Waals surface area contributed by atoms with Crippen molar-refractivity contribution in [2.45, 2.75) is 12.5 Å². The molecule has 0 saturated heterocycles. The number of carbonyl (C=O) groups is 1. The highest BCUT2D eigenvalue weighted by atomic mass is 16.3. The lowest BCUT2D eigenvalue weighted by atomic mass is 10.1. The molecule has 0 aromatic heterocycles. The van der Waals surface area contributed by atoms with Crippen LogP contribution in [0, 0.1) is 0 Å². The molecule has 1 unspecified atom stereocenters. The van der Waals surface area contributed by atoms with E-state index in [0.29, 0.717) is 13.0 Å². The number of rotatable bonds is 6. The first-order valence-corrected chi connectivity index (χ1v) is 5.74. The molecule has 0 bridgehead atoms. The van der Waals surface area contributed by atoms with Crippen LogP contribution < -0.4 is 5.32 Å². The van der Waals surface area contributed by atoms with Crippen LogP contribution in [0.2, 0.25) is 0 Å². The van der Waals surface area contributed by atoms with Crippen molar-refractivity contribution in [2.75, 3.05) is 27.2 Å². The molecule has 0 aliphatic rings. The Labute approximate surface area is 102 Å². The number of hydrogen-bond acceptors (Lipinski definition) is 3. The van der Waals surface area contributed by atoms with E-state index in [1.807, 2.05) is 30.3 Å². The zero-order chi connectivity index (χ0) is 12.7. The Morgan fingerprint density at radius 3 is 2.53 bits per heavy atom. The van der Waals surface area contributed by atoms with E-state index in [2.05, 4.69) is 5.32 Å². The predicted molar refractivity (Wildman–Crippen MR) is 67.6 cm³/mol. The molecule has 17 heavy (non-hydrogen) atoms. The minimum absolute atomic E-state index is 0.0279. The van der Waals surface area contributed by atoms with Crippen molar-refractivity contribution in [1.82, 2.24) is 10.2 Å². The molecule has 0 aliphatic heterocycles. The van der Waals surface area contributed by atoms with Gasteiger partial charge in [-0.3, -0.25) is 4.79 Å². The van der Waals surface area contributed by atoms with Gasteiger partial charge in [0.25, 0.3) is 0 Å². The van der Waals surface area contributed by atoms with E-state index in [0.717, 1.165) is 5.56 Å². The average molecular weight is 236 g/mol. The second-order valence-corrected chi connectivity index (χ2v) is 4.14. The lowest BCUT2D eigenvalue weighted by Crippen LogP contribution is -2.30.